The van der Waals surface area contributed by atoms with E-state index in [0.717, 1.165) is 47.1 Å². The quantitative estimate of drug-likeness (QED) is 0.427. The number of fused-ring (bicyclic) bond motifs is 5. The number of aryl methyl sites for hydroxylation is 2. The zero-order valence-electron chi connectivity index (χ0n) is 18.8. The van der Waals surface area contributed by atoms with Gasteiger partial charge in [-0.25, -0.2) is 0 Å². The molecular formula is C27H25N5O2. The van der Waals surface area contributed by atoms with Crippen LogP contribution in [0.3, 0.4) is 0 Å². The third-order valence-electron chi connectivity index (χ3n) is 7.42. The molecule has 1 aliphatic carbocycles. The molecule has 4 aromatic rings. The summed E-state index contributed by atoms with van der Waals surface area (Å²) in [7, 11) is 0. The Kier molecular flexibility index (Phi) is 4.78. The van der Waals surface area contributed by atoms with Crippen molar-refractivity contribution in [1.82, 2.24) is 20.1 Å². The largest absolute Gasteiger partial charge is 0.385 e. The van der Waals surface area contributed by atoms with Crippen molar-refractivity contribution in [1.29, 1.82) is 5.26 Å². The number of hydrogen-bond acceptors (Lipinski definition) is 4. The number of hydrogen-bond donors (Lipinski definition) is 3. The van der Waals surface area contributed by atoms with Crippen molar-refractivity contribution in [3.63, 3.8) is 0 Å². The molecule has 3 N–H and O–H groups in total. The molecule has 6 rings (SSSR count). The molecule has 0 unspecified atom stereocenters. The maximum absolute atomic E-state index is 13.4. The van der Waals surface area contributed by atoms with Crippen LogP contribution in [0.15, 0.2) is 48.7 Å². The first-order valence-corrected chi connectivity index (χ1v) is 11.8. The lowest BCUT2D eigenvalue weighted by molar-refractivity contribution is -0.0211. The SMILES string of the molecule is N#Cc1ccc(C2(O)CCN(C(=O)c3ccc4[nH]c5c(c4c3)CCCc3cn[nH]c3-5)CC2)cc1. The predicted octanol–water partition coefficient (Wildman–Crippen LogP) is 4.04. The summed E-state index contributed by atoms with van der Waals surface area (Å²) < 4.78 is 0. The number of piperidine rings is 1. The summed E-state index contributed by atoms with van der Waals surface area (Å²) in [5.41, 5.74) is 6.69. The first kappa shape index (κ1) is 20.7. The number of amides is 1. The van der Waals surface area contributed by atoms with Gasteiger partial charge in [0.05, 0.1) is 34.8 Å². The minimum atomic E-state index is -0.978. The molecule has 3 heterocycles. The molecule has 1 fully saturated rings. The Morgan fingerprint density at radius 3 is 2.65 bits per heavy atom. The monoisotopic (exact) mass is 451 g/mol. The first-order chi connectivity index (χ1) is 16.6. The summed E-state index contributed by atoms with van der Waals surface area (Å²) in [6, 6.07) is 15.1. The molecule has 170 valence electrons. The summed E-state index contributed by atoms with van der Waals surface area (Å²) in [6.45, 7) is 0.965. The molecule has 2 aromatic heterocycles. The van der Waals surface area contributed by atoms with Crippen LogP contribution in [0.1, 0.15) is 51.9 Å². The van der Waals surface area contributed by atoms with Gasteiger partial charge in [-0.05, 0) is 79.1 Å². The van der Waals surface area contributed by atoms with Crippen LogP contribution in [0, 0.1) is 11.3 Å². The van der Waals surface area contributed by atoms with E-state index in [2.05, 4.69) is 21.3 Å². The third-order valence-corrected chi connectivity index (χ3v) is 7.42. The molecule has 0 bridgehead atoms. The van der Waals surface area contributed by atoms with Crippen LogP contribution >= 0.6 is 0 Å². The number of nitrogens with one attached hydrogen (secondary N) is 2. The van der Waals surface area contributed by atoms with Gasteiger partial charge in [-0.15, -0.1) is 0 Å². The van der Waals surface area contributed by atoms with Crippen LogP contribution in [0.5, 0.6) is 0 Å². The van der Waals surface area contributed by atoms with Gasteiger partial charge >= 0.3 is 0 Å². The number of nitriles is 1. The van der Waals surface area contributed by atoms with Crippen molar-refractivity contribution < 1.29 is 9.90 Å². The van der Waals surface area contributed by atoms with Crippen LogP contribution in [0.4, 0.5) is 0 Å². The van der Waals surface area contributed by atoms with Crippen molar-refractivity contribution in [2.24, 2.45) is 0 Å². The summed E-state index contributed by atoms with van der Waals surface area (Å²) in [5.74, 6) is -0.00502. The van der Waals surface area contributed by atoms with Gasteiger partial charge in [0, 0.05) is 29.6 Å². The standard InChI is InChI=1S/C27H25N5O2/c28-15-17-4-7-20(8-5-17)27(34)10-12-32(13-11-27)26(33)18-6-9-23-22(14-18)21-3-1-2-19-16-29-31-24(19)25(21)30-23/h4-9,14,16,30,34H,1-3,10-13H2,(H,29,31). The van der Waals surface area contributed by atoms with Gasteiger partial charge in [-0.1, -0.05) is 12.1 Å². The molecule has 0 spiro atoms. The summed E-state index contributed by atoms with van der Waals surface area (Å²) in [4.78, 5) is 18.7. The normalized spacial score (nSPS) is 17.0. The Labute approximate surface area is 197 Å². The van der Waals surface area contributed by atoms with Gasteiger partial charge < -0.3 is 15.0 Å². The van der Waals surface area contributed by atoms with Crippen LogP contribution in [-0.4, -0.2) is 44.2 Å². The van der Waals surface area contributed by atoms with Crippen molar-refractivity contribution in [2.45, 2.75) is 37.7 Å². The highest BCUT2D eigenvalue weighted by molar-refractivity contribution is 6.00. The zero-order chi connectivity index (χ0) is 23.3. The number of nitrogens with zero attached hydrogens (tertiary/aromatic N) is 3. The second-order valence-electron chi connectivity index (χ2n) is 9.38. The van der Waals surface area contributed by atoms with E-state index in [0.29, 0.717) is 37.1 Å². The molecule has 34 heavy (non-hydrogen) atoms. The number of likely N-dealkylation sites (tertiary alicyclic amines) is 1. The number of carbonyl (C=O) groups is 1. The van der Waals surface area contributed by atoms with Gasteiger partial charge in [-0.3, -0.25) is 9.89 Å². The van der Waals surface area contributed by atoms with E-state index in [4.69, 9.17) is 5.26 Å². The molecule has 0 radical (unpaired) electrons. The lowest BCUT2D eigenvalue weighted by Crippen LogP contribution is -2.45. The first-order valence-electron chi connectivity index (χ1n) is 11.8. The highest BCUT2D eigenvalue weighted by atomic mass is 16.3. The van der Waals surface area contributed by atoms with E-state index in [9.17, 15) is 9.90 Å². The zero-order valence-corrected chi connectivity index (χ0v) is 18.8. The number of benzene rings is 2. The van der Waals surface area contributed by atoms with Crippen molar-refractivity contribution in [3.8, 4) is 17.5 Å². The second kappa shape index (κ2) is 7.86. The van der Waals surface area contributed by atoms with Gasteiger partial charge in [0.1, 0.15) is 0 Å². The number of rotatable bonds is 2. The van der Waals surface area contributed by atoms with E-state index in [-0.39, 0.29) is 5.91 Å². The van der Waals surface area contributed by atoms with Crippen LogP contribution in [0.2, 0.25) is 0 Å². The number of aromatic amines is 2. The molecule has 0 atom stereocenters. The van der Waals surface area contributed by atoms with Gasteiger partial charge in [-0.2, -0.15) is 10.4 Å². The topological polar surface area (TPSA) is 109 Å². The van der Waals surface area contributed by atoms with Crippen LogP contribution in [0.25, 0.3) is 22.3 Å². The Morgan fingerprint density at radius 1 is 1.09 bits per heavy atom. The van der Waals surface area contributed by atoms with E-state index < -0.39 is 5.60 Å². The summed E-state index contributed by atoms with van der Waals surface area (Å²) in [6.07, 6.45) is 5.83. The summed E-state index contributed by atoms with van der Waals surface area (Å²) in [5, 5.41) is 28.6. The molecule has 2 aromatic carbocycles. The fourth-order valence-corrected chi connectivity index (χ4v) is 5.43. The van der Waals surface area contributed by atoms with Gasteiger partial charge in [0.2, 0.25) is 0 Å². The predicted molar refractivity (Wildman–Crippen MR) is 128 cm³/mol. The Hall–Kier alpha value is -3.89. The van der Waals surface area contributed by atoms with E-state index in [1.165, 1.54) is 11.1 Å². The van der Waals surface area contributed by atoms with Crippen LogP contribution in [-0.2, 0) is 18.4 Å². The average molecular weight is 452 g/mol. The smallest absolute Gasteiger partial charge is 0.253 e. The molecule has 0 saturated carbocycles. The molecule has 7 heteroatoms. The highest BCUT2D eigenvalue weighted by Crippen LogP contribution is 2.37. The second-order valence-corrected chi connectivity index (χ2v) is 9.38. The van der Waals surface area contributed by atoms with E-state index in [1.807, 2.05) is 41.4 Å². The highest BCUT2D eigenvalue weighted by Gasteiger charge is 2.35. The minimum Gasteiger partial charge on any atom is -0.385 e. The van der Waals surface area contributed by atoms with E-state index >= 15 is 0 Å². The Bertz CT molecular complexity index is 1430. The number of aromatic nitrogens is 3. The van der Waals surface area contributed by atoms with Gasteiger partial charge in [0.15, 0.2) is 0 Å². The Morgan fingerprint density at radius 2 is 1.88 bits per heavy atom. The lowest BCUT2D eigenvalue weighted by atomic mass is 9.84. The third kappa shape index (κ3) is 3.30. The molecule has 1 aliphatic heterocycles. The number of carbonyl (C=O) groups excluding carboxylic acids is 1. The van der Waals surface area contributed by atoms with Crippen molar-refractivity contribution in [2.75, 3.05) is 13.1 Å². The minimum absolute atomic E-state index is 0.00502. The average Bonchev–Trinajstić information content (AvgIpc) is 3.44. The maximum Gasteiger partial charge on any atom is 0.253 e. The fourth-order valence-electron chi connectivity index (χ4n) is 5.43. The van der Waals surface area contributed by atoms with Crippen molar-refractivity contribution >= 4 is 16.8 Å². The Balaban J connectivity index is 1.24. The molecule has 2 aliphatic rings. The number of H-pyrrole nitrogens is 2. The van der Waals surface area contributed by atoms with Crippen molar-refractivity contribution in [3.05, 3.63) is 76.5 Å². The summed E-state index contributed by atoms with van der Waals surface area (Å²) >= 11 is 0. The fraction of sp³-hybridized carbons (Fsp3) is 0.296. The molecule has 7 nitrogen and oxygen atoms in total. The van der Waals surface area contributed by atoms with E-state index in [1.54, 1.807) is 12.1 Å². The van der Waals surface area contributed by atoms with Gasteiger partial charge in [0.25, 0.3) is 5.91 Å². The molecule has 1 saturated heterocycles. The molecular weight excluding hydrogens is 426 g/mol. The maximum atomic E-state index is 13.4. The van der Waals surface area contributed by atoms with Crippen LogP contribution < -0.4 is 0 Å². The number of aliphatic hydroxyl groups is 1. The lowest BCUT2D eigenvalue weighted by Gasteiger charge is -2.38. The molecule has 1 amide bonds.